The number of rotatable bonds is 3. The zero-order valence-electron chi connectivity index (χ0n) is 7.79. The molecule has 1 rings (SSSR count). The van der Waals surface area contributed by atoms with E-state index < -0.39 is 0 Å². The van der Waals surface area contributed by atoms with Gasteiger partial charge in [0.05, 0.1) is 0 Å². The molecule has 0 radical (unpaired) electrons. The second-order valence-corrected chi connectivity index (χ2v) is 3.85. The molecule has 0 spiro atoms. The molecule has 66 valence electrons. The number of hydrogen-bond donors (Lipinski definition) is 1. The first-order valence-electron chi connectivity index (χ1n) is 4.13. The van der Waals surface area contributed by atoms with Crippen LogP contribution in [0.2, 0.25) is 0 Å². The van der Waals surface area contributed by atoms with Crippen LogP contribution < -0.4 is 5.32 Å². The van der Waals surface area contributed by atoms with Gasteiger partial charge in [-0.3, -0.25) is 0 Å². The molecule has 12 heavy (non-hydrogen) atoms. The van der Waals surface area contributed by atoms with Gasteiger partial charge in [-0.05, 0) is 44.0 Å². The van der Waals surface area contributed by atoms with Crippen LogP contribution >= 0.6 is 11.3 Å². The summed E-state index contributed by atoms with van der Waals surface area (Å²) in [5.41, 5.74) is 1.36. The summed E-state index contributed by atoms with van der Waals surface area (Å²) in [6.07, 6.45) is 4.36. The summed E-state index contributed by atoms with van der Waals surface area (Å²) in [6, 6.07) is 2.60. The number of aryl methyl sites for hydroxylation is 1. The molecule has 0 saturated heterocycles. The second kappa shape index (κ2) is 4.43. The van der Waals surface area contributed by atoms with Crippen molar-refractivity contribution in [2.45, 2.75) is 19.9 Å². The van der Waals surface area contributed by atoms with E-state index in [1.807, 2.05) is 7.05 Å². The van der Waals surface area contributed by atoms with Crippen LogP contribution in [-0.2, 0) is 0 Å². The fourth-order valence-corrected chi connectivity index (χ4v) is 1.71. The topological polar surface area (TPSA) is 12.0 Å². The van der Waals surface area contributed by atoms with E-state index in [-0.39, 0.29) is 0 Å². The number of thiophene rings is 1. The summed E-state index contributed by atoms with van der Waals surface area (Å²) in [5.74, 6) is 0. The minimum Gasteiger partial charge on any atom is -0.314 e. The molecule has 1 N–H and O–H groups in total. The Bertz CT molecular complexity index is 263. The van der Waals surface area contributed by atoms with Gasteiger partial charge in [0.1, 0.15) is 0 Å². The average molecular weight is 181 g/mol. The van der Waals surface area contributed by atoms with E-state index in [0.29, 0.717) is 6.04 Å². The van der Waals surface area contributed by atoms with Gasteiger partial charge in [-0.25, -0.2) is 0 Å². The Morgan fingerprint density at radius 1 is 1.58 bits per heavy atom. The highest BCUT2D eigenvalue weighted by atomic mass is 32.1. The molecule has 0 aromatic carbocycles. The lowest BCUT2D eigenvalue weighted by atomic mass is 10.2. The Morgan fingerprint density at radius 2 is 2.33 bits per heavy atom. The molecule has 0 fully saturated rings. The van der Waals surface area contributed by atoms with Crippen LogP contribution in [0.5, 0.6) is 0 Å². The Labute approximate surface area is 78.1 Å². The zero-order chi connectivity index (χ0) is 8.97. The molecule has 1 nitrogen and oxygen atoms in total. The van der Waals surface area contributed by atoms with Crippen molar-refractivity contribution in [3.63, 3.8) is 0 Å². The molecule has 1 atom stereocenters. The highest BCUT2D eigenvalue weighted by Gasteiger charge is 1.95. The minimum atomic E-state index is 0.450. The van der Waals surface area contributed by atoms with E-state index in [0.717, 1.165) is 0 Å². The van der Waals surface area contributed by atoms with E-state index >= 15 is 0 Å². The van der Waals surface area contributed by atoms with E-state index in [4.69, 9.17) is 0 Å². The normalized spacial score (nSPS) is 13.9. The fraction of sp³-hybridized carbons (Fsp3) is 0.400. The molecule has 2 heteroatoms. The van der Waals surface area contributed by atoms with Crippen LogP contribution in [0.15, 0.2) is 17.5 Å². The summed E-state index contributed by atoms with van der Waals surface area (Å²) in [7, 11) is 1.97. The first-order valence-corrected chi connectivity index (χ1v) is 5.01. The van der Waals surface area contributed by atoms with Crippen molar-refractivity contribution in [3.8, 4) is 0 Å². The first kappa shape index (κ1) is 9.49. The molecule has 1 aromatic rings. The molecule has 0 aliphatic rings. The lowest BCUT2D eigenvalue weighted by Gasteiger charge is -2.01. The van der Waals surface area contributed by atoms with Crippen LogP contribution in [-0.4, -0.2) is 13.1 Å². The number of hydrogen-bond acceptors (Lipinski definition) is 2. The van der Waals surface area contributed by atoms with Gasteiger partial charge in [0, 0.05) is 10.9 Å². The molecule has 1 unspecified atom stereocenters. The summed E-state index contributed by atoms with van der Waals surface area (Å²) >= 11 is 1.79. The SMILES string of the molecule is CNC(C)/C=C/c1sccc1C. The van der Waals surface area contributed by atoms with Crippen molar-refractivity contribution in [2.24, 2.45) is 0 Å². The van der Waals surface area contributed by atoms with Crippen LogP contribution in [0.3, 0.4) is 0 Å². The van der Waals surface area contributed by atoms with Gasteiger partial charge in [0.25, 0.3) is 0 Å². The number of likely N-dealkylation sites (N-methyl/N-ethyl adjacent to an activating group) is 1. The Kier molecular flexibility index (Phi) is 3.50. The molecule has 0 amide bonds. The molecule has 0 aliphatic carbocycles. The van der Waals surface area contributed by atoms with Gasteiger partial charge < -0.3 is 5.32 Å². The standard InChI is InChI=1S/C10H15NS/c1-8-6-7-12-10(8)5-4-9(2)11-3/h4-7,9,11H,1-3H3/b5-4+. The summed E-state index contributed by atoms with van der Waals surface area (Å²) in [5, 5.41) is 5.29. The van der Waals surface area contributed by atoms with Crippen molar-refractivity contribution in [1.29, 1.82) is 0 Å². The van der Waals surface area contributed by atoms with Crippen molar-refractivity contribution in [1.82, 2.24) is 5.32 Å². The summed E-state index contributed by atoms with van der Waals surface area (Å²) in [4.78, 5) is 1.36. The molecular formula is C10H15NS. The van der Waals surface area contributed by atoms with Gasteiger partial charge in [-0.2, -0.15) is 0 Å². The third-order valence-electron chi connectivity index (χ3n) is 1.89. The molecule has 1 aromatic heterocycles. The highest BCUT2D eigenvalue weighted by Crippen LogP contribution is 2.17. The molecule has 0 aliphatic heterocycles. The van der Waals surface area contributed by atoms with Crippen LogP contribution in [0, 0.1) is 6.92 Å². The van der Waals surface area contributed by atoms with Crippen molar-refractivity contribution >= 4 is 17.4 Å². The van der Waals surface area contributed by atoms with E-state index in [1.165, 1.54) is 10.4 Å². The van der Waals surface area contributed by atoms with Crippen molar-refractivity contribution in [2.75, 3.05) is 7.05 Å². The lowest BCUT2D eigenvalue weighted by molar-refractivity contribution is 0.732. The van der Waals surface area contributed by atoms with E-state index in [9.17, 15) is 0 Å². The second-order valence-electron chi connectivity index (χ2n) is 2.90. The Morgan fingerprint density at radius 3 is 2.83 bits per heavy atom. The minimum absolute atomic E-state index is 0.450. The zero-order valence-corrected chi connectivity index (χ0v) is 8.61. The maximum atomic E-state index is 3.16. The van der Waals surface area contributed by atoms with Gasteiger partial charge >= 0.3 is 0 Å². The third-order valence-corrected chi connectivity index (χ3v) is 2.88. The third kappa shape index (κ3) is 2.47. The largest absolute Gasteiger partial charge is 0.314 e. The van der Waals surface area contributed by atoms with E-state index in [1.54, 1.807) is 11.3 Å². The summed E-state index contributed by atoms with van der Waals surface area (Å²) in [6.45, 7) is 4.28. The quantitative estimate of drug-likeness (QED) is 0.756. The monoisotopic (exact) mass is 181 g/mol. The highest BCUT2D eigenvalue weighted by molar-refractivity contribution is 7.11. The fourth-order valence-electron chi connectivity index (χ4n) is 0.883. The van der Waals surface area contributed by atoms with Gasteiger partial charge in [0.15, 0.2) is 0 Å². The predicted molar refractivity (Wildman–Crippen MR) is 56.6 cm³/mol. The maximum absolute atomic E-state index is 3.16. The lowest BCUT2D eigenvalue weighted by Crippen LogP contribution is -2.17. The Balaban J connectivity index is 2.63. The molecular weight excluding hydrogens is 166 g/mol. The van der Waals surface area contributed by atoms with Gasteiger partial charge in [-0.15, -0.1) is 11.3 Å². The van der Waals surface area contributed by atoms with Gasteiger partial charge in [-0.1, -0.05) is 6.08 Å². The molecule has 1 heterocycles. The van der Waals surface area contributed by atoms with Crippen LogP contribution in [0.25, 0.3) is 6.08 Å². The van der Waals surface area contributed by atoms with Crippen molar-refractivity contribution < 1.29 is 0 Å². The first-order chi connectivity index (χ1) is 5.74. The summed E-state index contributed by atoms with van der Waals surface area (Å²) < 4.78 is 0. The van der Waals surface area contributed by atoms with Crippen LogP contribution in [0.1, 0.15) is 17.4 Å². The predicted octanol–water partition coefficient (Wildman–Crippen LogP) is 2.68. The van der Waals surface area contributed by atoms with E-state index in [2.05, 4.69) is 42.8 Å². The Hall–Kier alpha value is -0.600. The molecule has 0 bridgehead atoms. The van der Waals surface area contributed by atoms with Gasteiger partial charge in [0.2, 0.25) is 0 Å². The van der Waals surface area contributed by atoms with Crippen LogP contribution in [0.4, 0.5) is 0 Å². The maximum Gasteiger partial charge on any atom is 0.0296 e. The average Bonchev–Trinajstić information content (AvgIpc) is 2.47. The number of nitrogens with one attached hydrogen (secondary N) is 1. The smallest absolute Gasteiger partial charge is 0.0296 e. The molecule has 0 saturated carbocycles. The van der Waals surface area contributed by atoms with Crippen molar-refractivity contribution in [3.05, 3.63) is 28.0 Å².